The van der Waals surface area contributed by atoms with E-state index in [2.05, 4.69) is 22.1 Å². The summed E-state index contributed by atoms with van der Waals surface area (Å²) in [5, 5.41) is 3.30. The Kier molecular flexibility index (Phi) is 10.4. The van der Waals surface area contributed by atoms with E-state index in [9.17, 15) is 8.42 Å². The summed E-state index contributed by atoms with van der Waals surface area (Å²) < 4.78 is 32.4. The van der Waals surface area contributed by atoms with Gasteiger partial charge in [-0.2, -0.15) is 4.31 Å². The second-order valence-electron chi connectivity index (χ2n) is 5.91. The van der Waals surface area contributed by atoms with Crippen molar-refractivity contribution in [2.45, 2.75) is 30.5 Å². The second-order valence-corrected chi connectivity index (χ2v) is 9.25. The van der Waals surface area contributed by atoms with Crippen LogP contribution >= 0.6 is 35.3 Å². The van der Waals surface area contributed by atoms with E-state index in [1.54, 1.807) is 13.1 Å². The first kappa shape index (κ1) is 23.6. The number of aliphatic imine (C=N–C) groups is 1. The summed E-state index contributed by atoms with van der Waals surface area (Å²) in [6.45, 7) is 5.42. The highest BCUT2D eigenvalue weighted by Crippen LogP contribution is 2.25. The Morgan fingerprint density at radius 2 is 2.08 bits per heavy atom. The number of nitrogens with zero attached hydrogens (tertiary/aromatic N) is 3. The molecule has 10 heteroatoms. The van der Waals surface area contributed by atoms with Crippen molar-refractivity contribution in [1.29, 1.82) is 0 Å². The summed E-state index contributed by atoms with van der Waals surface area (Å²) >= 11 is 1.31. The molecule has 0 saturated carbocycles. The van der Waals surface area contributed by atoms with Crippen LogP contribution in [0.25, 0.3) is 0 Å². The summed E-state index contributed by atoms with van der Waals surface area (Å²) in [4.78, 5) is 7.34. The van der Waals surface area contributed by atoms with E-state index in [-0.39, 0.29) is 24.0 Å². The molecule has 2 rings (SSSR count). The highest BCUT2D eigenvalue weighted by Gasteiger charge is 2.27. The van der Waals surface area contributed by atoms with Gasteiger partial charge in [-0.25, -0.2) is 8.42 Å². The minimum absolute atomic E-state index is 0. The number of hydrogen-bond acceptors (Lipinski definition) is 5. The van der Waals surface area contributed by atoms with Crippen LogP contribution < -0.4 is 5.32 Å². The van der Waals surface area contributed by atoms with Crippen LogP contribution in [-0.2, 0) is 21.3 Å². The van der Waals surface area contributed by atoms with Gasteiger partial charge in [0.15, 0.2) is 5.96 Å². The van der Waals surface area contributed by atoms with Gasteiger partial charge in [0.2, 0.25) is 0 Å². The molecule has 1 saturated heterocycles. The predicted octanol–water partition coefficient (Wildman–Crippen LogP) is 2.19. The fraction of sp³-hybridized carbons (Fsp3) is 0.688. The quantitative estimate of drug-likeness (QED) is 0.342. The standard InChI is InChI=1S/C16H28N4O3S2.HI/c1-4-5-8-19(3)16(17-2)18-13-14-6-7-15(24-14)25(21,22)20-9-11-23-12-10-20;/h6-7H,4-5,8-13H2,1-3H3,(H,17,18);1H. The molecular weight excluding hydrogens is 487 g/mol. The number of nitrogens with one attached hydrogen (secondary N) is 1. The lowest BCUT2D eigenvalue weighted by Crippen LogP contribution is -2.40. The molecule has 150 valence electrons. The number of halogens is 1. The van der Waals surface area contributed by atoms with Crippen LogP contribution in [0.15, 0.2) is 21.3 Å². The molecule has 0 radical (unpaired) electrons. The van der Waals surface area contributed by atoms with Gasteiger partial charge >= 0.3 is 0 Å². The molecule has 1 aliphatic rings. The molecule has 0 unspecified atom stereocenters. The van der Waals surface area contributed by atoms with Gasteiger partial charge in [0, 0.05) is 38.6 Å². The van der Waals surface area contributed by atoms with E-state index in [1.165, 1.54) is 15.6 Å². The van der Waals surface area contributed by atoms with Gasteiger partial charge < -0.3 is 15.0 Å². The van der Waals surface area contributed by atoms with Crippen LogP contribution in [0.5, 0.6) is 0 Å². The van der Waals surface area contributed by atoms with Gasteiger partial charge in [0.25, 0.3) is 10.0 Å². The molecule has 0 amide bonds. The fourth-order valence-electron chi connectivity index (χ4n) is 2.56. The second kappa shape index (κ2) is 11.4. The third-order valence-electron chi connectivity index (χ3n) is 4.04. The van der Waals surface area contributed by atoms with Crippen molar-refractivity contribution in [3.8, 4) is 0 Å². The number of thiophene rings is 1. The van der Waals surface area contributed by atoms with Crippen LogP contribution in [0.4, 0.5) is 0 Å². The maximum atomic E-state index is 12.6. The molecule has 0 aromatic carbocycles. The van der Waals surface area contributed by atoms with Crippen LogP contribution in [0, 0.1) is 0 Å². The van der Waals surface area contributed by atoms with Gasteiger partial charge in [-0.05, 0) is 18.6 Å². The molecule has 1 aliphatic heterocycles. The van der Waals surface area contributed by atoms with Gasteiger partial charge in [0.05, 0.1) is 19.8 Å². The molecule has 0 aliphatic carbocycles. The average molecular weight is 516 g/mol. The largest absolute Gasteiger partial charge is 0.379 e. The zero-order valence-electron chi connectivity index (χ0n) is 15.6. The number of hydrogen-bond donors (Lipinski definition) is 1. The van der Waals surface area contributed by atoms with Crippen molar-refractivity contribution in [3.63, 3.8) is 0 Å². The Bertz CT molecular complexity index is 673. The third-order valence-corrected chi connectivity index (χ3v) is 7.49. The minimum atomic E-state index is -3.41. The van der Waals surface area contributed by atoms with Gasteiger partial charge in [-0.1, -0.05) is 13.3 Å². The molecule has 1 N–H and O–H groups in total. The Hall–Kier alpha value is -0.430. The molecule has 0 spiro atoms. The molecule has 7 nitrogen and oxygen atoms in total. The number of ether oxygens (including phenoxy) is 1. The van der Waals surface area contributed by atoms with Crippen molar-refractivity contribution in [2.75, 3.05) is 46.9 Å². The minimum Gasteiger partial charge on any atom is -0.379 e. The zero-order chi connectivity index (χ0) is 18.3. The number of morpholine rings is 1. The number of rotatable bonds is 7. The van der Waals surface area contributed by atoms with E-state index < -0.39 is 10.0 Å². The molecule has 1 aromatic heterocycles. The number of guanidine groups is 1. The van der Waals surface area contributed by atoms with Crippen LogP contribution in [0.2, 0.25) is 0 Å². The lowest BCUT2D eigenvalue weighted by Gasteiger charge is -2.25. The monoisotopic (exact) mass is 516 g/mol. The normalized spacial score (nSPS) is 16.2. The zero-order valence-corrected chi connectivity index (χ0v) is 19.6. The van der Waals surface area contributed by atoms with Crippen molar-refractivity contribution >= 4 is 51.3 Å². The van der Waals surface area contributed by atoms with Gasteiger partial charge in [-0.15, -0.1) is 35.3 Å². The first-order valence-corrected chi connectivity index (χ1v) is 10.8. The van der Waals surface area contributed by atoms with Crippen LogP contribution in [0.3, 0.4) is 0 Å². The van der Waals surface area contributed by atoms with Crippen molar-refractivity contribution in [1.82, 2.24) is 14.5 Å². The molecule has 26 heavy (non-hydrogen) atoms. The highest BCUT2D eigenvalue weighted by atomic mass is 127. The molecule has 2 heterocycles. The first-order chi connectivity index (χ1) is 12.0. The fourth-order valence-corrected chi connectivity index (χ4v) is 5.42. The third kappa shape index (κ3) is 6.32. The smallest absolute Gasteiger partial charge is 0.252 e. The van der Waals surface area contributed by atoms with Crippen molar-refractivity contribution in [2.24, 2.45) is 4.99 Å². The predicted molar refractivity (Wildman–Crippen MR) is 117 cm³/mol. The molecule has 0 atom stereocenters. The average Bonchev–Trinajstić information content (AvgIpc) is 3.11. The van der Waals surface area contributed by atoms with E-state index in [0.717, 1.165) is 30.2 Å². The maximum Gasteiger partial charge on any atom is 0.252 e. The Labute approximate surface area is 177 Å². The molecule has 0 bridgehead atoms. The SMILES string of the molecule is CCCCN(C)C(=NC)NCc1ccc(S(=O)(=O)N2CCOCC2)s1.I. The van der Waals surface area contributed by atoms with Gasteiger partial charge in [0.1, 0.15) is 4.21 Å². The lowest BCUT2D eigenvalue weighted by atomic mass is 10.3. The van der Waals surface area contributed by atoms with Crippen molar-refractivity contribution in [3.05, 3.63) is 17.0 Å². The topological polar surface area (TPSA) is 74.2 Å². The van der Waals surface area contributed by atoms with Crippen LogP contribution in [0.1, 0.15) is 24.6 Å². The molecule has 1 aromatic rings. The summed E-state index contributed by atoms with van der Waals surface area (Å²) in [7, 11) is 0.355. The van der Waals surface area contributed by atoms with Crippen LogP contribution in [-0.4, -0.2) is 70.5 Å². The summed E-state index contributed by atoms with van der Waals surface area (Å²) in [5.41, 5.74) is 0. The number of unbranched alkanes of at least 4 members (excludes halogenated alkanes) is 1. The van der Waals surface area contributed by atoms with E-state index >= 15 is 0 Å². The summed E-state index contributed by atoms with van der Waals surface area (Å²) in [6, 6.07) is 3.56. The Morgan fingerprint density at radius 1 is 1.38 bits per heavy atom. The number of sulfonamides is 1. The Balaban J connectivity index is 0.00000338. The van der Waals surface area contributed by atoms with Crippen molar-refractivity contribution < 1.29 is 13.2 Å². The van der Waals surface area contributed by atoms with E-state index in [0.29, 0.717) is 37.1 Å². The first-order valence-electron chi connectivity index (χ1n) is 8.57. The van der Waals surface area contributed by atoms with E-state index in [4.69, 9.17) is 4.74 Å². The van der Waals surface area contributed by atoms with E-state index in [1.807, 2.05) is 13.1 Å². The summed E-state index contributed by atoms with van der Waals surface area (Å²) in [5.74, 6) is 0.819. The lowest BCUT2D eigenvalue weighted by molar-refractivity contribution is 0.0731. The molecular formula is C16H29IN4O3S2. The maximum absolute atomic E-state index is 12.6. The Morgan fingerprint density at radius 3 is 2.69 bits per heavy atom. The molecule has 1 fully saturated rings. The summed E-state index contributed by atoms with van der Waals surface area (Å²) in [6.07, 6.45) is 2.24. The van der Waals surface area contributed by atoms with Gasteiger partial charge in [-0.3, -0.25) is 4.99 Å². The highest BCUT2D eigenvalue weighted by molar-refractivity contribution is 14.0.